The molecule has 3 aliphatic rings. The maximum absolute atomic E-state index is 13.0. The smallest absolute Gasteiger partial charge is 0.325 e. The number of halogens is 1. The minimum atomic E-state index is -0.771. The Bertz CT molecular complexity index is 1300. The summed E-state index contributed by atoms with van der Waals surface area (Å²) in [6.45, 7) is 15.3. The van der Waals surface area contributed by atoms with Crippen molar-refractivity contribution in [2.24, 2.45) is 5.41 Å². The number of ether oxygens (including phenoxy) is 1. The van der Waals surface area contributed by atoms with Crippen LogP contribution >= 0.6 is 11.6 Å². The number of benzene rings is 2. The van der Waals surface area contributed by atoms with Crippen molar-refractivity contribution in [3.8, 4) is 0 Å². The SMILES string of the molecule is Cc1ccc(Cl)cc1[C@@H](CCN1CCC(C)(C)C1)CCN(C)C(C(=O)O)c1cccc(C)c1C1CCC(OC2(C)CC2)CC1. The van der Waals surface area contributed by atoms with Crippen LogP contribution in [0.1, 0.15) is 124 Å². The summed E-state index contributed by atoms with van der Waals surface area (Å²) in [6, 6.07) is 11.8. The van der Waals surface area contributed by atoms with E-state index in [9.17, 15) is 9.90 Å². The molecular formula is C38H55ClN2O3. The van der Waals surface area contributed by atoms with E-state index in [0.29, 0.717) is 29.9 Å². The summed E-state index contributed by atoms with van der Waals surface area (Å²) in [5.41, 5.74) is 6.47. The van der Waals surface area contributed by atoms with Crippen LogP contribution in [0.2, 0.25) is 5.02 Å². The number of nitrogens with zero attached hydrogens (tertiary/aromatic N) is 2. The van der Waals surface area contributed by atoms with Gasteiger partial charge in [-0.2, -0.15) is 0 Å². The summed E-state index contributed by atoms with van der Waals surface area (Å²) < 4.78 is 6.41. The van der Waals surface area contributed by atoms with Gasteiger partial charge in [0, 0.05) is 11.6 Å². The van der Waals surface area contributed by atoms with Crippen molar-refractivity contribution in [3.63, 3.8) is 0 Å². The van der Waals surface area contributed by atoms with E-state index in [2.05, 4.69) is 68.7 Å². The van der Waals surface area contributed by atoms with Crippen LogP contribution < -0.4 is 0 Å². The lowest BCUT2D eigenvalue weighted by Crippen LogP contribution is -2.34. The molecule has 6 heteroatoms. The molecule has 2 saturated carbocycles. The predicted molar refractivity (Wildman–Crippen MR) is 181 cm³/mol. The van der Waals surface area contributed by atoms with Crippen LogP contribution in [-0.4, -0.2) is 65.8 Å². The highest BCUT2D eigenvalue weighted by molar-refractivity contribution is 6.30. The molecule has 2 atom stereocenters. The Morgan fingerprint density at radius 2 is 1.75 bits per heavy atom. The van der Waals surface area contributed by atoms with Gasteiger partial charge in [0.05, 0.1) is 11.7 Å². The van der Waals surface area contributed by atoms with Crippen LogP contribution in [0.4, 0.5) is 0 Å². The number of hydrogen-bond donors (Lipinski definition) is 1. The molecule has 0 aromatic heterocycles. The third kappa shape index (κ3) is 8.26. The maximum atomic E-state index is 13.0. The molecule has 1 saturated heterocycles. The van der Waals surface area contributed by atoms with E-state index in [-0.39, 0.29) is 5.60 Å². The second-order valence-electron chi connectivity index (χ2n) is 15.3. The average Bonchev–Trinajstić information content (AvgIpc) is 3.58. The number of carboxylic acids is 1. The highest BCUT2D eigenvalue weighted by Gasteiger charge is 2.42. The Morgan fingerprint density at radius 3 is 2.39 bits per heavy atom. The number of hydrogen-bond acceptors (Lipinski definition) is 4. The molecule has 1 heterocycles. The summed E-state index contributed by atoms with van der Waals surface area (Å²) in [4.78, 5) is 17.7. The number of likely N-dealkylation sites (tertiary alicyclic amines) is 1. The van der Waals surface area contributed by atoms with Gasteiger partial charge in [0.15, 0.2) is 0 Å². The van der Waals surface area contributed by atoms with Gasteiger partial charge >= 0.3 is 5.97 Å². The molecule has 1 N–H and O–H groups in total. The van der Waals surface area contributed by atoms with Crippen molar-refractivity contribution >= 4 is 17.6 Å². The van der Waals surface area contributed by atoms with Gasteiger partial charge in [-0.1, -0.05) is 49.7 Å². The molecule has 1 aliphatic heterocycles. The summed E-state index contributed by atoms with van der Waals surface area (Å²) in [5, 5.41) is 11.4. The summed E-state index contributed by atoms with van der Waals surface area (Å²) in [6.07, 6.45) is 10.1. The summed E-state index contributed by atoms with van der Waals surface area (Å²) >= 11 is 6.50. The zero-order chi connectivity index (χ0) is 31.6. The average molecular weight is 623 g/mol. The van der Waals surface area contributed by atoms with Gasteiger partial charge in [-0.25, -0.2) is 0 Å². The fourth-order valence-electron chi connectivity index (χ4n) is 7.97. The fourth-order valence-corrected chi connectivity index (χ4v) is 8.15. The number of carboxylic acid groups (broad SMARTS) is 1. The van der Waals surface area contributed by atoms with Gasteiger partial charge in [-0.05, 0) is 162 Å². The largest absolute Gasteiger partial charge is 0.480 e. The van der Waals surface area contributed by atoms with E-state index in [1.54, 1.807) is 0 Å². The second-order valence-corrected chi connectivity index (χ2v) is 15.7. The highest BCUT2D eigenvalue weighted by Crippen LogP contribution is 2.45. The molecule has 0 spiro atoms. The molecule has 1 unspecified atom stereocenters. The van der Waals surface area contributed by atoms with Gasteiger partial charge in [0.1, 0.15) is 6.04 Å². The van der Waals surface area contributed by atoms with Crippen molar-refractivity contribution in [3.05, 3.63) is 69.2 Å². The zero-order valence-electron chi connectivity index (χ0n) is 28.0. The van der Waals surface area contributed by atoms with Gasteiger partial charge < -0.3 is 14.7 Å². The second kappa shape index (κ2) is 13.8. The van der Waals surface area contributed by atoms with Crippen LogP contribution in [0.3, 0.4) is 0 Å². The molecule has 242 valence electrons. The van der Waals surface area contributed by atoms with Crippen LogP contribution in [0.15, 0.2) is 36.4 Å². The summed E-state index contributed by atoms with van der Waals surface area (Å²) in [7, 11) is 2.00. The van der Waals surface area contributed by atoms with Crippen molar-refractivity contribution in [2.75, 3.05) is 33.2 Å². The number of carbonyl (C=O) groups is 1. The van der Waals surface area contributed by atoms with E-state index in [1.165, 1.54) is 41.5 Å². The van der Waals surface area contributed by atoms with Gasteiger partial charge in [-0.3, -0.25) is 9.69 Å². The molecule has 0 bridgehead atoms. The molecule has 5 nitrogen and oxygen atoms in total. The first-order valence-electron chi connectivity index (χ1n) is 17.0. The molecule has 0 amide bonds. The molecular weight excluding hydrogens is 568 g/mol. The monoisotopic (exact) mass is 622 g/mol. The Morgan fingerprint density at radius 1 is 1.02 bits per heavy atom. The highest BCUT2D eigenvalue weighted by atomic mass is 35.5. The minimum Gasteiger partial charge on any atom is -0.480 e. The van der Waals surface area contributed by atoms with Gasteiger partial charge in [-0.15, -0.1) is 0 Å². The Hall–Kier alpha value is -1.92. The molecule has 2 aromatic carbocycles. The number of aliphatic carboxylic acids is 1. The lowest BCUT2D eigenvalue weighted by atomic mass is 9.77. The first-order chi connectivity index (χ1) is 20.8. The first-order valence-corrected chi connectivity index (χ1v) is 17.4. The van der Waals surface area contributed by atoms with E-state index >= 15 is 0 Å². The molecule has 0 radical (unpaired) electrons. The topological polar surface area (TPSA) is 53.0 Å². The molecule has 2 aromatic rings. The molecule has 5 rings (SSSR count). The number of rotatable bonds is 13. The van der Waals surface area contributed by atoms with Crippen molar-refractivity contribution in [1.82, 2.24) is 9.80 Å². The lowest BCUT2D eigenvalue weighted by Gasteiger charge is -2.35. The Kier molecular flexibility index (Phi) is 10.5. The van der Waals surface area contributed by atoms with Crippen LogP contribution in [0.5, 0.6) is 0 Å². The third-order valence-corrected chi connectivity index (χ3v) is 11.1. The lowest BCUT2D eigenvalue weighted by molar-refractivity contribution is -0.143. The van der Waals surface area contributed by atoms with E-state index in [1.807, 2.05) is 19.2 Å². The minimum absolute atomic E-state index is 0.106. The zero-order valence-corrected chi connectivity index (χ0v) is 28.8. The van der Waals surface area contributed by atoms with Crippen molar-refractivity contribution in [1.29, 1.82) is 0 Å². The van der Waals surface area contributed by atoms with E-state index < -0.39 is 12.0 Å². The third-order valence-electron chi connectivity index (χ3n) is 10.9. The van der Waals surface area contributed by atoms with E-state index in [0.717, 1.165) is 68.7 Å². The van der Waals surface area contributed by atoms with Crippen LogP contribution in [0, 0.1) is 19.3 Å². The quantitative estimate of drug-likeness (QED) is 0.242. The van der Waals surface area contributed by atoms with Crippen LogP contribution in [0.25, 0.3) is 0 Å². The van der Waals surface area contributed by atoms with Crippen molar-refractivity contribution < 1.29 is 14.6 Å². The molecule has 2 aliphatic carbocycles. The Labute approximate surface area is 271 Å². The predicted octanol–water partition coefficient (Wildman–Crippen LogP) is 8.91. The maximum Gasteiger partial charge on any atom is 0.325 e. The fraction of sp³-hybridized carbons (Fsp3) is 0.658. The van der Waals surface area contributed by atoms with Gasteiger partial charge in [0.2, 0.25) is 0 Å². The number of likely N-dealkylation sites (N-methyl/N-ethyl adjacent to an activating group) is 1. The molecule has 44 heavy (non-hydrogen) atoms. The standard InChI is InChI=1S/C38H55ClN2O3/c1-26-10-13-30(39)24-33(26)28(17-22-41-23-20-37(3,4)25-41)16-21-40(6)35(36(42)43)32-9-7-8-27(2)34(32)29-11-14-31(15-12-29)44-38(5)18-19-38/h7-10,13,24,28-29,31,35H,11-12,14-23,25H2,1-6H3,(H,42,43)/t28-,29?,31?,35?/m1/s1. The van der Waals surface area contributed by atoms with E-state index in [4.69, 9.17) is 16.3 Å². The normalized spacial score (nSPS) is 24.4. The first kappa shape index (κ1) is 33.4. The van der Waals surface area contributed by atoms with Gasteiger partial charge in [0.25, 0.3) is 0 Å². The number of aryl methyl sites for hydroxylation is 2. The summed E-state index contributed by atoms with van der Waals surface area (Å²) in [5.74, 6) is -0.0809. The molecule has 3 fully saturated rings. The Balaban J connectivity index is 1.31. The van der Waals surface area contributed by atoms with Crippen LogP contribution in [-0.2, 0) is 9.53 Å². The van der Waals surface area contributed by atoms with Crippen molar-refractivity contribution in [2.45, 2.75) is 122 Å².